The van der Waals surface area contributed by atoms with E-state index in [0.717, 1.165) is 20.7 Å². The van der Waals surface area contributed by atoms with E-state index in [2.05, 4.69) is 4.98 Å². The predicted octanol–water partition coefficient (Wildman–Crippen LogP) is 2.18. The number of thiophene rings is 1. The fourth-order valence-electron chi connectivity index (χ4n) is 1.83. The standard InChI is InChI=1S/C12H16N2O2S2/c1-4-14-11(16)9-7(2)8(3)18-10(9)13-12(14)17-6-5-15/h15H,4-6H2,1-3H3. The van der Waals surface area contributed by atoms with E-state index in [0.29, 0.717) is 17.5 Å². The van der Waals surface area contributed by atoms with Gasteiger partial charge in [0.05, 0.1) is 12.0 Å². The first kappa shape index (κ1) is 13.6. The van der Waals surface area contributed by atoms with Crippen LogP contribution in [0.15, 0.2) is 9.95 Å². The molecule has 2 rings (SSSR count). The second-order valence-electron chi connectivity index (χ2n) is 3.98. The van der Waals surface area contributed by atoms with Gasteiger partial charge in [-0.05, 0) is 26.3 Å². The van der Waals surface area contributed by atoms with Crippen LogP contribution in [0.5, 0.6) is 0 Å². The molecule has 2 heterocycles. The lowest BCUT2D eigenvalue weighted by atomic mass is 10.2. The molecule has 0 bridgehead atoms. The van der Waals surface area contributed by atoms with Crippen LogP contribution in [-0.4, -0.2) is 27.0 Å². The third-order valence-corrected chi connectivity index (χ3v) is 4.95. The first-order chi connectivity index (χ1) is 8.60. The number of aromatic nitrogens is 2. The van der Waals surface area contributed by atoms with Gasteiger partial charge in [-0.15, -0.1) is 11.3 Å². The minimum absolute atomic E-state index is 0.0322. The Bertz CT molecular complexity index is 631. The number of aryl methyl sites for hydroxylation is 2. The van der Waals surface area contributed by atoms with Crippen molar-refractivity contribution in [2.45, 2.75) is 32.5 Å². The third kappa shape index (κ3) is 2.20. The second-order valence-corrected chi connectivity index (χ2v) is 6.24. The van der Waals surface area contributed by atoms with Crippen molar-refractivity contribution < 1.29 is 5.11 Å². The summed E-state index contributed by atoms with van der Waals surface area (Å²) < 4.78 is 1.68. The summed E-state index contributed by atoms with van der Waals surface area (Å²) >= 11 is 2.98. The average Bonchev–Trinajstić information content (AvgIpc) is 2.63. The molecule has 0 aliphatic rings. The minimum atomic E-state index is 0.0322. The molecule has 1 N–H and O–H groups in total. The molecule has 0 amide bonds. The first-order valence-electron chi connectivity index (χ1n) is 5.84. The number of hydrogen-bond acceptors (Lipinski definition) is 5. The van der Waals surface area contributed by atoms with E-state index in [1.54, 1.807) is 15.9 Å². The molecule has 0 unspecified atom stereocenters. The molecule has 6 heteroatoms. The number of rotatable bonds is 4. The number of nitrogens with zero attached hydrogens (tertiary/aromatic N) is 2. The first-order valence-corrected chi connectivity index (χ1v) is 7.64. The fourth-order valence-corrected chi connectivity index (χ4v) is 3.71. The summed E-state index contributed by atoms with van der Waals surface area (Å²) in [6, 6.07) is 0. The molecular formula is C12H16N2O2S2. The van der Waals surface area contributed by atoms with E-state index < -0.39 is 0 Å². The Kier molecular flexibility index (Phi) is 4.09. The molecule has 0 fully saturated rings. The van der Waals surface area contributed by atoms with Crippen LogP contribution in [0.25, 0.3) is 10.2 Å². The lowest BCUT2D eigenvalue weighted by molar-refractivity contribution is 0.322. The van der Waals surface area contributed by atoms with E-state index in [-0.39, 0.29) is 12.2 Å². The zero-order chi connectivity index (χ0) is 13.3. The van der Waals surface area contributed by atoms with Crippen LogP contribution in [0.4, 0.5) is 0 Å². The van der Waals surface area contributed by atoms with Crippen molar-refractivity contribution in [3.8, 4) is 0 Å². The van der Waals surface area contributed by atoms with Crippen molar-refractivity contribution in [3.63, 3.8) is 0 Å². The fraction of sp³-hybridized carbons (Fsp3) is 0.500. The van der Waals surface area contributed by atoms with Gasteiger partial charge in [-0.2, -0.15) is 0 Å². The zero-order valence-corrected chi connectivity index (χ0v) is 12.3. The SMILES string of the molecule is CCn1c(SCCO)nc2sc(C)c(C)c2c1=O. The topological polar surface area (TPSA) is 55.1 Å². The van der Waals surface area contributed by atoms with Crippen LogP contribution in [0, 0.1) is 13.8 Å². The molecule has 0 atom stereocenters. The van der Waals surface area contributed by atoms with E-state index in [9.17, 15) is 4.79 Å². The lowest BCUT2D eigenvalue weighted by Crippen LogP contribution is -2.22. The maximum absolute atomic E-state index is 12.4. The van der Waals surface area contributed by atoms with Gasteiger partial charge in [0, 0.05) is 17.2 Å². The van der Waals surface area contributed by atoms with Crippen molar-refractivity contribution in [3.05, 3.63) is 20.8 Å². The summed E-state index contributed by atoms with van der Waals surface area (Å²) in [5.41, 5.74) is 1.07. The monoisotopic (exact) mass is 284 g/mol. The van der Waals surface area contributed by atoms with Gasteiger partial charge in [0.2, 0.25) is 0 Å². The molecule has 0 radical (unpaired) electrons. The van der Waals surface area contributed by atoms with E-state index in [1.807, 2.05) is 20.8 Å². The van der Waals surface area contributed by atoms with Crippen molar-refractivity contribution in [1.29, 1.82) is 0 Å². The highest BCUT2D eigenvalue weighted by Gasteiger charge is 2.15. The number of aliphatic hydroxyl groups excluding tert-OH is 1. The van der Waals surface area contributed by atoms with Crippen LogP contribution >= 0.6 is 23.1 Å². The second kappa shape index (κ2) is 5.42. The zero-order valence-electron chi connectivity index (χ0n) is 10.7. The van der Waals surface area contributed by atoms with Crippen LogP contribution in [-0.2, 0) is 6.54 Å². The third-order valence-electron chi connectivity index (χ3n) is 2.89. The molecule has 0 saturated carbocycles. The van der Waals surface area contributed by atoms with Crippen molar-refractivity contribution >= 4 is 33.3 Å². The van der Waals surface area contributed by atoms with Crippen molar-refractivity contribution in [2.24, 2.45) is 0 Å². The quantitative estimate of drug-likeness (QED) is 0.690. The predicted molar refractivity (Wildman–Crippen MR) is 76.8 cm³/mol. The smallest absolute Gasteiger partial charge is 0.263 e. The Balaban J connectivity index is 2.69. The van der Waals surface area contributed by atoms with E-state index in [4.69, 9.17) is 5.11 Å². The Morgan fingerprint density at radius 3 is 2.78 bits per heavy atom. The van der Waals surface area contributed by atoms with Crippen LogP contribution in [0.1, 0.15) is 17.4 Å². The number of hydrogen-bond donors (Lipinski definition) is 1. The van der Waals surface area contributed by atoms with Gasteiger partial charge < -0.3 is 5.11 Å². The summed E-state index contributed by atoms with van der Waals surface area (Å²) in [7, 11) is 0. The summed E-state index contributed by atoms with van der Waals surface area (Å²) in [5, 5.41) is 10.3. The van der Waals surface area contributed by atoms with Crippen LogP contribution in [0.2, 0.25) is 0 Å². The molecule has 18 heavy (non-hydrogen) atoms. The largest absolute Gasteiger partial charge is 0.396 e. The van der Waals surface area contributed by atoms with Gasteiger partial charge in [0.25, 0.3) is 5.56 Å². The molecule has 0 saturated heterocycles. The molecule has 0 aliphatic heterocycles. The minimum Gasteiger partial charge on any atom is -0.396 e. The summed E-state index contributed by atoms with van der Waals surface area (Å²) in [5.74, 6) is 0.557. The van der Waals surface area contributed by atoms with Gasteiger partial charge in [-0.25, -0.2) is 4.98 Å². The average molecular weight is 284 g/mol. The Morgan fingerprint density at radius 2 is 2.17 bits per heavy atom. The molecule has 0 aromatic carbocycles. The molecule has 0 aliphatic carbocycles. The van der Waals surface area contributed by atoms with Crippen molar-refractivity contribution in [1.82, 2.24) is 9.55 Å². The van der Waals surface area contributed by atoms with E-state index in [1.165, 1.54) is 11.8 Å². The van der Waals surface area contributed by atoms with E-state index >= 15 is 0 Å². The Hall–Kier alpha value is -0.850. The van der Waals surface area contributed by atoms with Gasteiger partial charge in [0.1, 0.15) is 4.83 Å². The summed E-state index contributed by atoms with van der Waals surface area (Å²) in [4.78, 5) is 18.9. The van der Waals surface area contributed by atoms with Gasteiger partial charge in [0.15, 0.2) is 5.16 Å². The highest BCUT2D eigenvalue weighted by Crippen LogP contribution is 2.28. The lowest BCUT2D eigenvalue weighted by Gasteiger charge is -2.09. The molecule has 2 aromatic rings. The van der Waals surface area contributed by atoms with Crippen molar-refractivity contribution in [2.75, 3.05) is 12.4 Å². The van der Waals surface area contributed by atoms with Gasteiger partial charge in [-0.3, -0.25) is 9.36 Å². The maximum Gasteiger partial charge on any atom is 0.263 e. The summed E-state index contributed by atoms with van der Waals surface area (Å²) in [6.07, 6.45) is 0. The number of thioether (sulfide) groups is 1. The molecular weight excluding hydrogens is 268 g/mol. The van der Waals surface area contributed by atoms with Gasteiger partial charge in [-0.1, -0.05) is 11.8 Å². The molecule has 4 nitrogen and oxygen atoms in total. The Labute approximate surface area is 114 Å². The Morgan fingerprint density at radius 1 is 1.44 bits per heavy atom. The van der Waals surface area contributed by atoms with Crippen LogP contribution < -0.4 is 5.56 Å². The normalized spacial score (nSPS) is 11.3. The molecule has 0 spiro atoms. The summed E-state index contributed by atoms with van der Waals surface area (Å²) in [6.45, 7) is 6.61. The van der Waals surface area contributed by atoms with Gasteiger partial charge >= 0.3 is 0 Å². The molecule has 2 aromatic heterocycles. The number of aliphatic hydroxyl groups is 1. The highest BCUT2D eigenvalue weighted by atomic mass is 32.2. The highest BCUT2D eigenvalue weighted by molar-refractivity contribution is 7.99. The molecule has 98 valence electrons. The van der Waals surface area contributed by atoms with Crippen LogP contribution in [0.3, 0.4) is 0 Å². The number of fused-ring (bicyclic) bond motifs is 1. The maximum atomic E-state index is 12.4.